The zero-order valence-electron chi connectivity index (χ0n) is 10.9. The highest BCUT2D eigenvalue weighted by molar-refractivity contribution is 5.26. The molecule has 0 amide bonds. The standard InChI is InChI=1S/C15H18N2O/c1-3-7-14-16-11(2)13(15(18)17-14)10-12-8-5-4-6-9-12/h4-6,8-9H,3,7,10H2,1-2H3,(H,16,17,18). The van der Waals surface area contributed by atoms with Gasteiger partial charge in [0.05, 0.1) is 0 Å². The number of aromatic amines is 1. The van der Waals surface area contributed by atoms with Crippen LogP contribution in [0.25, 0.3) is 0 Å². The third kappa shape index (κ3) is 2.86. The topological polar surface area (TPSA) is 45.8 Å². The Hall–Kier alpha value is -1.90. The number of hydrogen-bond donors (Lipinski definition) is 1. The smallest absolute Gasteiger partial charge is 0.254 e. The van der Waals surface area contributed by atoms with E-state index in [0.29, 0.717) is 6.42 Å². The maximum atomic E-state index is 12.0. The predicted octanol–water partition coefficient (Wildman–Crippen LogP) is 2.62. The number of nitrogens with one attached hydrogen (secondary N) is 1. The van der Waals surface area contributed by atoms with Gasteiger partial charge in [0, 0.05) is 24.1 Å². The van der Waals surface area contributed by atoms with E-state index >= 15 is 0 Å². The fourth-order valence-electron chi connectivity index (χ4n) is 2.03. The Balaban J connectivity index is 2.32. The first-order chi connectivity index (χ1) is 8.70. The summed E-state index contributed by atoms with van der Waals surface area (Å²) in [6.07, 6.45) is 2.45. The summed E-state index contributed by atoms with van der Waals surface area (Å²) < 4.78 is 0. The number of aryl methyl sites for hydroxylation is 2. The van der Waals surface area contributed by atoms with Crippen LogP contribution < -0.4 is 5.56 Å². The minimum absolute atomic E-state index is 0.00481. The van der Waals surface area contributed by atoms with Gasteiger partial charge < -0.3 is 4.98 Å². The average molecular weight is 242 g/mol. The highest BCUT2D eigenvalue weighted by Crippen LogP contribution is 2.08. The molecule has 0 radical (unpaired) electrons. The van der Waals surface area contributed by atoms with E-state index in [1.54, 1.807) is 0 Å². The summed E-state index contributed by atoms with van der Waals surface area (Å²) in [6.45, 7) is 3.99. The first-order valence-corrected chi connectivity index (χ1v) is 6.33. The van der Waals surface area contributed by atoms with Crippen LogP contribution in [0, 0.1) is 6.92 Å². The van der Waals surface area contributed by atoms with Gasteiger partial charge in [-0.15, -0.1) is 0 Å². The molecule has 94 valence electrons. The molecule has 0 saturated heterocycles. The van der Waals surface area contributed by atoms with Crippen LogP contribution >= 0.6 is 0 Å². The fourth-order valence-corrected chi connectivity index (χ4v) is 2.03. The molecule has 0 bridgehead atoms. The van der Waals surface area contributed by atoms with Crippen molar-refractivity contribution in [2.45, 2.75) is 33.1 Å². The van der Waals surface area contributed by atoms with Gasteiger partial charge in [-0.3, -0.25) is 4.79 Å². The van der Waals surface area contributed by atoms with E-state index in [1.807, 2.05) is 37.3 Å². The first kappa shape index (κ1) is 12.6. The lowest BCUT2D eigenvalue weighted by molar-refractivity contribution is 0.803. The van der Waals surface area contributed by atoms with Crippen LogP contribution in [-0.2, 0) is 12.8 Å². The Morgan fingerprint density at radius 3 is 2.56 bits per heavy atom. The van der Waals surface area contributed by atoms with Gasteiger partial charge in [0.2, 0.25) is 0 Å². The van der Waals surface area contributed by atoms with Gasteiger partial charge in [-0.1, -0.05) is 37.3 Å². The molecule has 1 aromatic carbocycles. The summed E-state index contributed by atoms with van der Waals surface area (Å²) in [7, 11) is 0. The Kier molecular flexibility index (Phi) is 3.92. The second-order valence-electron chi connectivity index (χ2n) is 4.49. The number of nitrogens with zero attached hydrogens (tertiary/aromatic N) is 1. The van der Waals surface area contributed by atoms with Gasteiger partial charge in [-0.2, -0.15) is 0 Å². The first-order valence-electron chi connectivity index (χ1n) is 6.33. The van der Waals surface area contributed by atoms with Crippen molar-refractivity contribution in [2.75, 3.05) is 0 Å². The molecule has 2 rings (SSSR count). The monoisotopic (exact) mass is 242 g/mol. The van der Waals surface area contributed by atoms with Crippen molar-refractivity contribution in [1.29, 1.82) is 0 Å². The summed E-state index contributed by atoms with van der Waals surface area (Å²) in [4.78, 5) is 19.4. The van der Waals surface area contributed by atoms with E-state index in [4.69, 9.17) is 0 Å². The number of rotatable bonds is 4. The van der Waals surface area contributed by atoms with Crippen LogP contribution in [-0.4, -0.2) is 9.97 Å². The molecule has 0 aliphatic rings. The highest BCUT2D eigenvalue weighted by atomic mass is 16.1. The quantitative estimate of drug-likeness (QED) is 0.895. The third-order valence-electron chi connectivity index (χ3n) is 2.98. The molecule has 1 aromatic heterocycles. The lowest BCUT2D eigenvalue weighted by Crippen LogP contribution is -2.19. The second-order valence-corrected chi connectivity index (χ2v) is 4.49. The van der Waals surface area contributed by atoms with E-state index in [1.165, 1.54) is 0 Å². The van der Waals surface area contributed by atoms with Crippen molar-refractivity contribution in [2.24, 2.45) is 0 Å². The minimum Gasteiger partial charge on any atom is -0.310 e. The molecule has 0 aliphatic heterocycles. The Labute approximate surface area is 107 Å². The Morgan fingerprint density at radius 2 is 1.94 bits per heavy atom. The van der Waals surface area contributed by atoms with Crippen LogP contribution in [0.4, 0.5) is 0 Å². The summed E-state index contributed by atoms with van der Waals surface area (Å²) in [5.74, 6) is 0.789. The minimum atomic E-state index is -0.00481. The van der Waals surface area contributed by atoms with Gasteiger partial charge in [-0.05, 0) is 18.9 Å². The lowest BCUT2D eigenvalue weighted by Gasteiger charge is -2.06. The average Bonchev–Trinajstić information content (AvgIpc) is 2.36. The largest absolute Gasteiger partial charge is 0.310 e. The van der Waals surface area contributed by atoms with Crippen molar-refractivity contribution in [3.63, 3.8) is 0 Å². The Bertz CT molecular complexity index is 573. The van der Waals surface area contributed by atoms with E-state index < -0.39 is 0 Å². The maximum absolute atomic E-state index is 12.0. The SMILES string of the molecule is CCCc1nc(C)c(Cc2ccccc2)c(=O)[nH]1. The molecule has 0 saturated carbocycles. The molecule has 3 nitrogen and oxygen atoms in total. The van der Waals surface area contributed by atoms with E-state index in [0.717, 1.165) is 35.5 Å². The maximum Gasteiger partial charge on any atom is 0.254 e. The fraction of sp³-hybridized carbons (Fsp3) is 0.333. The van der Waals surface area contributed by atoms with Gasteiger partial charge in [0.1, 0.15) is 5.82 Å². The zero-order chi connectivity index (χ0) is 13.0. The van der Waals surface area contributed by atoms with E-state index in [2.05, 4.69) is 16.9 Å². The summed E-state index contributed by atoms with van der Waals surface area (Å²) >= 11 is 0. The van der Waals surface area contributed by atoms with Crippen molar-refractivity contribution in [1.82, 2.24) is 9.97 Å². The van der Waals surface area contributed by atoms with Crippen LogP contribution in [0.3, 0.4) is 0 Å². The summed E-state index contributed by atoms with van der Waals surface area (Å²) in [5, 5.41) is 0. The van der Waals surface area contributed by atoms with Gasteiger partial charge >= 0.3 is 0 Å². The number of benzene rings is 1. The molecule has 3 heteroatoms. The molecule has 1 heterocycles. The molecule has 0 spiro atoms. The summed E-state index contributed by atoms with van der Waals surface area (Å²) in [6, 6.07) is 10.00. The van der Waals surface area contributed by atoms with Crippen LogP contribution in [0.5, 0.6) is 0 Å². The second kappa shape index (κ2) is 5.63. The van der Waals surface area contributed by atoms with E-state index in [-0.39, 0.29) is 5.56 Å². The lowest BCUT2D eigenvalue weighted by atomic mass is 10.1. The molecule has 2 aromatic rings. The molecule has 0 aliphatic carbocycles. The van der Waals surface area contributed by atoms with Crippen LogP contribution in [0.1, 0.15) is 36.0 Å². The molecule has 18 heavy (non-hydrogen) atoms. The van der Waals surface area contributed by atoms with Crippen molar-refractivity contribution in [3.05, 3.63) is 63.3 Å². The molecular formula is C15H18N2O. The predicted molar refractivity (Wildman–Crippen MR) is 72.8 cm³/mol. The van der Waals surface area contributed by atoms with Crippen molar-refractivity contribution < 1.29 is 0 Å². The zero-order valence-corrected chi connectivity index (χ0v) is 10.9. The third-order valence-corrected chi connectivity index (χ3v) is 2.98. The van der Waals surface area contributed by atoms with Crippen LogP contribution in [0.15, 0.2) is 35.1 Å². The van der Waals surface area contributed by atoms with Crippen molar-refractivity contribution in [3.8, 4) is 0 Å². The van der Waals surface area contributed by atoms with Gasteiger partial charge in [0.25, 0.3) is 5.56 Å². The van der Waals surface area contributed by atoms with Gasteiger partial charge in [-0.25, -0.2) is 4.98 Å². The number of hydrogen-bond acceptors (Lipinski definition) is 2. The highest BCUT2D eigenvalue weighted by Gasteiger charge is 2.08. The Morgan fingerprint density at radius 1 is 1.22 bits per heavy atom. The van der Waals surface area contributed by atoms with Gasteiger partial charge in [0.15, 0.2) is 0 Å². The molecule has 1 N–H and O–H groups in total. The van der Waals surface area contributed by atoms with E-state index in [9.17, 15) is 4.79 Å². The molecular weight excluding hydrogens is 224 g/mol. The van der Waals surface area contributed by atoms with Crippen LogP contribution in [0.2, 0.25) is 0 Å². The molecule has 0 unspecified atom stereocenters. The van der Waals surface area contributed by atoms with Crippen molar-refractivity contribution >= 4 is 0 Å². The normalized spacial score (nSPS) is 10.6. The number of H-pyrrole nitrogens is 1. The molecule has 0 fully saturated rings. The summed E-state index contributed by atoms with van der Waals surface area (Å²) in [5.41, 5.74) is 2.73. The molecule has 0 atom stereocenters. The number of aromatic nitrogens is 2.